The van der Waals surface area contributed by atoms with E-state index >= 15 is 0 Å². The Hall–Kier alpha value is -2.36. The highest BCUT2D eigenvalue weighted by atomic mass is 16.2. The molecule has 0 aliphatic carbocycles. The van der Waals surface area contributed by atoms with E-state index in [9.17, 15) is 4.79 Å². The van der Waals surface area contributed by atoms with E-state index in [1.54, 1.807) is 12.4 Å². The number of carbonyl (C=O) groups is 1. The van der Waals surface area contributed by atoms with Crippen LogP contribution in [-0.4, -0.2) is 11.0 Å². The van der Waals surface area contributed by atoms with Crippen molar-refractivity contribution in [3.05, 3.63) is 65.5 Å². The fourth-order valence-electron chi connectivity index (χ4n) is 2.60. The van der Waals surface area contributed by atoms with Crippen LogP contribution in [0.2, 0.25) is 0 Å². The summed E-state index contributed by atoms with van der Waals surface area (Å²) in [5.74, 6) is 0.815. The summed E-state index contributed by atoms with van der Waals surface area (Å²) >= 11 is 0. The molecule has 1 atom stereocenters. The third-order valence-corrected chi connectivity index (χ3v) is 4.12. The van der Waals surface area contributed by atoms with Gasteiger partial charge in [-0.05, 0) is 40.7 Å². The van der Waals surface area contributed by atoms with Gasteiger partial charge in [0.05, 0.1) is 6.04 Å². The molecule has 0 unspecified atom stereocenters. The zero-order chi connectivity index (χ0) is 17.5. The molecule has 24 heavy (non-hydrogen) atoms. The molecular formula is C20H27N3O. The number of nitrogens with zero attached hydrogens (tertiary/aromatic N) is 1. The van der Waals surface area contributed by atoms with Crippen LogP contribution < -0.4 is 10.6 Å². The smallest absolute Gasteiger partial charge is 0.315 e. The van der Waals surface area contributed by atoms with E-state index in [-0.39, 0.29) is 12.1 Å². The Kier molecular flexibility index (Phi) is 6.36. The van der Waals surface area contributed by atoms with Gasteiger partial charge in [0.25, 0.3) is 0 Å². The average molecular weight is 325 g/mol. The van der Waals surface area contributed by atoms with Gasteiger partial charge in [-0.3, -0.25) is 4.98 Å². The molecule has 0 radical (unpaired) electrons. The van der Waals surface area contributed by atoms with Crippen LogP contribution in [0.3, 0.4) is 0 Å². The molecule has 0 saturated carbocycles. The molecule has 0 bridgehead atoms. The quantitative estimate of drug-likeness (QED) is 0.827. The highest BCUT2D eigenvalue weighted by Gasteiger charge is 2.18. The van der Waals surface area contributed by atoms with Crippen molar-refractivity contribution in [3.63, 3.8) is 0 Å². The molecule has 1 heterocycles. The Labute approximate surface area is 144 Å². The van der Waals surface area contributed by atoms with E-state index in [4.69, 9.17) is 0 Å². The first kappa shape index (κ1) is 18.0. The molecule has 0 aliphatic rings. The molecule has 0 spiro atoms. The van der Waals surface area contributed by atoms with Crippen molar-refractivity contribution in [1.82, 2.24) is 15.6 Å². The van der Waals surface area contributed by atoms with Crippen molar-refractivity contribution in [2.75, 3.05) is 0 Å². The lowest BCUT2D eigenvalue weighted by Crippen LogP contribution is -2.39. The van der Waals surface area contributed by atoms with Gasteiger partial charge >= 0.3 is 6.03 Å². The van der Waals surface area contributed by atoms with E-state index in [1.807, 2.05) is 12.1 Å². The third kappa shape index (κ3) is 5.08. The van der Waals surface area contributed by atoms with Crippen molar-refractivity contribution < 1.29 is 4.79 Å². The average Bonchev–Trinajstić information content (AvgIpc) is 2.58. The van der Waals surface area contributed by atoms with Gasteiger partial charge in [-0.1, -0.05) is 52.0 Å². The van der Waals surface area contributed by atoms with Gasteiger partial charge in [0.1, 0.15) is 0 Å². The van der Waals surface area contributed by atoms with Crippen molar-refractivity contribution in [2.24, 2.45) is 5.92 Å². The molecule has 2 amide bonds. The molecule has 4 heteroatoms. The van der Waals surface area contributed by atoms with Crippen molar-refractivity contribution in [3.8, 4) is 0 Å². The number of benzene rings is 1. The highest BCUT2D eigenvalue weighted by molar-refractivity contribution is 5.74. The summed E-state index contributed by atoms with van der Waals surface area (Å²) in [5, 5.41) is 5.99. The van der Waals surface area contributed by atoms with Gasteiger partial charge < -0.3 is 10.6 Å². The van der Waals surface area contributed by atoms with E-state index in [0.29, 0.717) is 18.4 Å². The zero-order valence-electron chi connectivity index (χ0n) is 14.9. The second-order valence-electron chi connectivity index (χ2n) is 6.73. The molecule has 0 fully saturated rings. The molecule has 1 aromatic heterocycles. The van der Waals surface area contributed by atoms with Crippen molar-refractivity contribution >= 4 is 6.03 Å². The Morgan fingerprint density at radius 3 is 2.08 bits per heavy atom. The zero-order valence-corrected chi connectivity index (χ0v) is 14.9. The molecule has 2 N–H and O–H groups in total. The van der Waals surface area contributed by atoms with E-state index in [0.717, 1.165) is 11.1 Å². The fraction of sp³-hybridized carbons (Fsp3) is 0.400. The Morgan fingerprint density at radius 2 is 1.54 bits per heavy atom. The fourth-order valence-corrected chi connectivity index (χ4v) is 2.60. The number of carbonyl (C=O) groups excluding carboxylic acids is 1. The van der Waals surface area contributed by atoms with E-state index in [1.165, 1.54) is 5.56 Å². The van der Waals surface area contributed by atoms with Gasteiger partial charge in [0.15, 0.2) is 0 Å². The Bertz CT molecular complexity index is 636. The minimum absolute atomic E-state index is 0.0105. The van der Waals surface area contributed by atoms with Crippen LogP contribution in [0.25, 0.3) is 0 Å². The predicted octanol–water partition coefficient (Wildman–Crippen LogP) is 4.40. The lowest BCUT2D eigenvalue weighted by molar-refractivity contribution is 0.232. The summed E-state index contributed by atoms with van der Waals surface area (Å²) in [4.78, 5) is 16.2. The van der Waals surface area contributed by atoms with Crippen LogP contribution in [0.15, 0.2) is 48.8 Å². The van der Waals surface area contributed by atoms with Crippen LogP contribution in [0.5, 0.6) is 0 Å². The van der Waals surface area contributed by atoms with E-state index in [2.05, 4.69) is 67.6 Å². The standard InChI is InChI=1S/C20H27N3O/c1-14(2)17-5-7-18(8-6-17)19(15(3)4)23-20(24)22-13-16-9-11-21-12-10-16/h5-12,14-15,19H,13H2,1-4H3,(H2,22,23,24)/t19-/m1/s1. The number of urea groups is 1. The lowest BCUT2D eigenvalue weighted by Gasteiger charge is -2.23. The van der Waals surface area contributed by atoms with Crippen molar-refractivity contribution in [1.29, 1.82) is 0 Å². The topological polar surface area (TPSA) is 54.0 Å². The normalized spacial score (nSPS) is 12.2. The second kappa shape index (κ2) is 8.48. The lowest BCUT2D eigenvalue weighted by atomic mass is 9.93. The Balaban J connectivity index is 1.98. The summed E-state index contributed by atoms with van der Waals surface area (Å²) in [7, 11) is 0. The number of pyridine rings is 1. The molecule has 4 nitrogen and oxygen atoms in total. The van der Waals surface area contributed by atoms with Gasteiger partial charge in [0, 0.05) is 18.9 Å². The molecule has 0 aliphatic heterocycles. The molecular weight excluding hydrogens is 298 g/mol. The maximum atomic E-state index is 12.2. The minimum atomic E-state index is -0.154. The number of aromatic nitrogens is 1. The van der Waals surface area contributed by atoms with Crippen molar-refractivity contribution in [2.45, 2.75) is 46.2 Å². The molecule has 2 rings (SSSR count). The molecule has 1 aromatic carbocycles. The van der Waals surface area contributed by atoms with Crippen LogP contribution in [0.1, 0.15) is 56.3 Å². The van der Waals surface area contributed by atoms with Crippen LogP contribution in [-0.2, 0) is 6.54 Å². The highest BCUT2D eigenvalue weighted by Crippen LogP contribution is 2.24. The number of rotatable bonds is 6. The summed E-state index contributed by atoms with van der Waals surface area (Å²) in [5.41, 5.74) is 3.47. The van der Waals surface area contributed by atoms with Gasteiger partial charge in [-0.2, -0.15) is 0 Å². The van der Waals surface area contributed by atoms with Gasteiger partial charge in [-0.15, -0.1) is 0 Å². The van der Waals surface area contributed by atoms with Crippen LogP contribution in [0.4, 0.5) is 4.79 Å². The largest absolute Gasteiger partial charge is 0.334 e. The number of hydrogen-bond donors (Lipinski definition) is 2. The van der Waals surface area contributed by atoms with Gasteiger partial charge in [-0.25, -0.2) is 4.79 Å². The first-order valence-electron chi connectivity index (χ1n) is 8.50. The SMILES string of the molecule is CC(C)c1ccc([C@H](NC(=O)NCc2ccncc2)C(C)C)cc1. The van der Waals surface area contributed by atoms with Crippen LogP contribution >= 0.6 is 0 Å². The maximum absolute atomic E-state index is 12.2. The number of hydrogen-bond acceptors (Lipinski definition) is 2. The first-order chi connectivity index (χ1) is 11.5. The molecule has 2 aromatic rings. The summed E-state index contributed by atoms with van der Waals surface area (Å²) in [6.07, 6.45) is 3.45. The maximum Gasteiger partial charge on any atom is 0.315 e. The number of nitrogens with one attached hydrogen (secondary N) is 2. The van der Waals surface area contributed by atoms with Gasteiger partial charge in [0.2, 0.25) is 0 Å². The number of amides is 2. The van der Waals surface area contributed by atoms with Crippen LogP contribution in [0, 0.1) is 5.92 Å². The monoisotopic (exact) mass is 325 g/mol. The third-order valence-electron chi connectivity index (χ3n) is 4.12. The predicted molar refractivity (Wildman–Crippen MR) is 97.7 cm³/mol. The minimum Gasteiger partial charge on any atom is -0.334 e. The molecule has 128 valence electrons. The Morgan fingerprint density at radius 1 is 0.958 bits per heavy atom. The second-order valence-corrected chi connectivity index (χ2v) is 6.73. The summed E-state index contributed by atoms with van der Waals surface area (Å²) in [6.45, 7) is 9.08. The molecule has 0 saturated heterocycles. The first-order valence-corrected chi connectivity index (χ1v) is 8.50. The summed E-state index contributed by atoms with van der Waals surface area (Å²) < 4.78 is 0. The summed E-state index contributed by atoms with van der Waals surface area (Å²) in [6, 6.07) is 12.1. The van der Waals surface area contributed by atoms with E-state index < -0.39 is 0 Å².